The molecule has 0 aliphatic rings. The molecule has 6 heteroatoms. The molecule has 0 aliphatic heterocycles. The van der Waals surface area contributed by atoms with E-state index in [9.17, 15) is 9.59 Å². The Morgan fingerprint density at radius 1 is 1.39 bits per heavy atom. The first-order valence-electron chi connectivity index (χ1n) is 5.09. The van der Waals surface area contributed by atoms with Crippen LogP contribution >= 0.6 is 0 Å². The summed E-state index contributed by atoms with van der Waals surface area (Å²) in [5.41, 5.74) is -0.215. The lowest BCUT2D eigenvalue weighted by atomic mass is 10.3. The summed E-state index contributed by atoms with van der Waals surface area (Å²) < 4.78 is 6.20. The Morgan fingerprint density at radius 3 is 2.72 bits per heavy atom. The normalized spacial score (nSPS) is 10.1. The molecule has 0 bridgehead atoms. The van der Waals surface area contributed by atoms with Crippen LogP contribution in [0.3, 0.4) is 0 Å². The van der Waals surface area contributed by atoms with Crippen molar-refractivity contribution in [1.29, 1.82) is 0 Å². The van der Waals surface area contributed by atoms with E-state index in [4.69, 9.17) is 9.84 Å². The monoisotopic (exact) mass is 246 g/mol. The Balaban J connectivity index is 2.58. The first-order chi connectivity index (χ1) is 8.63. The first kappa shape index (κ1) is 11.8. The highest BCUT2D eigenvalue weighted by Gasteiger charge is 2.10. The molecule has 1 aromatic heterocycles. The average molecular weight is 246 g/mol. The Kier molecular flexibility index (Phi) is 3.09. The Hall–Kier alpha value is -2.63. The van der Waals surface area contributed by atoms with Gasteiger partial charge in [-0.1, -0.05) is 12.1 Å². The number of carboxylic acids is 1. The highest BCUT2D eigenvalue weighted by Crippen LogP contribution is 2.19. The SMILES string of the molecule is COc1ccccc1-n1ncc(C(=O)O)cc1=O. The molecule has 2 rings (SSSR count). The highest BCUT2D eigenvalue weighted by molar-refractivity contribution is 5.86. The summed E-state index contributed by atoms with van der Waals surface area (Å²) in [6.07, 6.45) is 1.12. The topological polar surface area (TPSA) is 81.4 Å². The van der Waals surface area contributed by atoms with Gasteiger partial charge in [0.1, 0.15) is 11.4 Å². The highest BCUT2D eigenvalue weighted by atomic mass is 16.5. The fourth-order valence-corrected chi connectivity index (χ4v) is 1.51. The van der Waals surface area contributed by atoms with E-state index in [-0.39, 0.29) is 5.56 Å². The van der Waals surface area contributed by atoms with E-state index in [1.807, 2.05) is 0 Å². The van der Waals surface area contributed by atoms with E-state index in [2.05, 4.69) is 5.10 Å². The first-order valence-corrected chi connectivity index (χ1v) is 5.09. The zero-order chi connectivity index (χ0) is 13.1. The molecule has 0 atom stereocenters. The van der Waals surface area contributed by atoms with Crippen LogP contribution in [0.4, 0.5) is 0 Å². The van der Waals surface area contributed by atoms with Gasteiger partial charge in [-0.3, -0.25) is 4.79 Å². The quantitative estimate of drug-likeness (QED) is 0.871. The second kappa shape index (κ2) is 4.70. The predicted octanol–water partition coefficient (Wildman–Crippen LogP) is 0.939. The standard InChI is InChI=1S/C12H10N2O4/c1-18-10-5-3-2-4-9(10)14-11(15)6-8(7-13-14)12(16)17/h2-7H,1H3,(H,16,17). The van der Waals surface area contributed by atoms with E-state index in [1.54, 1.807) is 24.3 Å². The average Bonchev–Trinajstić information content (AvgIpc) is 2.38. The van der Waals surface area contributed by atoms with Crippen LogP contribution in [0.25, 0.3) is 5.69 Å². The number of carboxylic acid groups (broad SMARTS) is 1. The summed E-state index contributed by atoms with van der Waals surface area (Å²) >= 11 is 0. The Bertz CT molecular complexity index is 649. The lowest BCUT2D eigenvalue weighted by Gasteiger charge is -2.09. The Labute approximate surface area is 102 Å². The number of hydrogen-bond donors (Lipinski definition) is 1. The van der Waals surface area contributed by atoms with Crippen molar-refractivity contribution in [1.82, 2.24) is 9.78 Å². The molecule has 1 N–H and O–H groups in total. The zero-order valence-electron chi connectivity index (χ0n) is 9.53. The van der Waals surface area contributed by atoms with Crippen molar-refractivity contribution in [2.45, 2.75) is 0 Å². The fraction of sp³-hybridized carbons (Fsp3) is 0.0833. The smallest absolute Gasteiger partial charge is 0.337 e. The molecule has 1 heterocycles. The molecular formula is C12H10N2O4. The third kappa shape index (κ3) is 2.08. The van der Waals surface area contributed by atoms with Gasteiger partial charge < -0.3 is 9.84 Å². The number of rotatable bonds is 3. The minimum absolute atomic E-state index is 0.147. The van der Waals surface area contributed by atoms with Crippen molar-refractivity contribution >= 4 is 5.97 Å². The van der Waals surface area contributed by atoms with Gasteiger partial charge in [-0.2, -0.15) is 9.78 Å². The van der Waals surface area contributed by atoms with Gasteiger partial charge in [0.05, 0.1) is 18.9 Å². The molecule has 0 saturated heterocycles. The van der Waals surface area contributed by atoms with Crippen LogP contribution in [-0.4, -0.2) is 28.0 Å². The number of ether oxygens (including phenoxy) is 1. The third-order valence-corrected chi connectivity index (χ3v) is 2.36. The molecule has 0 unspecified atom stereocenters. The van der Waals surface area contributed by atoms with Gasteiger partial charge in [0.2, 0.25) is 0 Å². The van der Waals surface area contributed by atoms with Crippen LogP contribution < -0.4 is 10.3 Å². The van der Waals surface area contributed by atoms with Crippen molar-refractivity contribution in [3.63, 3.8) is 0 Å². The number of para-hydroxylation sites is 2. The van der Waals surface area contributed by atoms with E-state index in [0.29, 0.717) is 11.4 Å². The summed E-state index contributed by atoms with van der Waals surface area (Å²) in [6, 6.07) is 7.86. The van der Waals surface area contributed by atoms with Crippen LogP contribution in [0.1, 0.15) is 10.4 Å². The summed E-state index contributed by atoms with van der Waals surface area (Å²) in [5.74, 6) is -0.707. The maximum absolute atomic E-state index is 11.8. The van der Waals surface area contributed by atoms with E-state index >= 15 is 0 Å². The maximum Gasteiger partial charge on any atom is 0.337 e. The lowest BCUT2D eigenvalue weighted by molar-refractivity contribution is 0.0696. The van der Waals surface area contributed by atoms with Gasteiger partial charge >= 0.3 is 5.97 Å². The molecule has 0 amide bonds. The predicted molar refractivity (Wildman–Crippen MR) is 63.3 cm³/mol. The second-order valence-corrected chi connectivity index (χ2v) is 3.47. The number of aromatic nitrogens is 2. The number of carbonyl (C=O) groups is 1. The van der Waals surface area contributed by atoms with Gasteiger partial charge in [-0.15, -0.1) is 0 Å². The summed E-state index contributed by atoms with van der Waals surface area (Å²) in [7, 11) is 1.48. The van der Waals surface area contributed by atoms with Gasteiger partial charge in [0, 0.05) is 6.07 Å². The third-order valence-electron chi connectivity index (χ3n) is 2.36. The molecule has 18 heavy (non-hydrogen) atoms. The van der Waals surface area contributed by atoms with E-state index < -0.39 is 11.5 Å². The number of methoxy groups -OCH3 is 1. The van der Waals surface area contributed by atoms with Crippen LogP contribution in [0, 0.1) is 0 Å². The van der Waals surface area contributed by atoms with E-state index in [0.717, 1.165) is 16.9 Å². The molecule has 0 fully saturated rings. The van der Waals surface area contributed by atoms with Gasteiger partial charge in [0.15, 0.2) is 0 Å². The Morgan fingerprint density at radius 2 is 2.11 bits per heavy atom. The van der Waals surface area contributed by atoms with Crippen LogP contribution in [0.15, 0.2) is 41.3 Å². The van der Waals surface area contributed by atoms with Gasteiger partial charge in [-0.25, -0.2) is 4.79 Å². The van der Waals surface area contributed by atoms with Crippen molar-refractivity contribution in [2.75, 3.05) is 7.11 Å². The number of benzene rings is 1. The molecule has 6 nitrogen and oxygen atoms in total. The van der Waals surface area contributed by atoms with Crippen LogP contribution in [0.2, 0.25) is 0 Å². The minimum atomic E-state index is -1.19. The van der Waals surface area contributed by atoms with E-state index in [1.165, 1.54) is 7.11 Å². The lowest BCUT2D eigenvalue weighted by Crippen LogP contribution is -2.22. The summed E-state index contributed by atoms with van der Waals surface area (Å²) in [4.78, 5) is 22.5. The summed E-state index contributed by atoms with van der Waals surface area (Å²) in [5, 5.41) is 12.6. The number of hydrogen-bond acceptors (Lipinski definition) is 4. The maximum atomic E-state index is 11.8. The minimum Gasteiger partial charge on any atom is -0.494 e. The molecule has 0 spiro atoms. The number of aromatic carboxylic acids is 1. The number of nitrogens with zero attached hydrogens (tertiary/aromatic N) is 2. The van der Waals surface area contributed by atoms with Crippen molar-refractivity contribution < 1.29 is 14.6 Å². The molecule has 0 saturated carbocycles. The van der Waals surface area contributed by atoms with Crippen molar-refractivity contribution in [3.8, 4) is 11.4 Å². The van der Waals surface area contributed by atoms with Gasteiger partial charge in [-0.05, 0) is 12.1 Å². The molecular weight excluding hydrogens is 236 g/mol. The van der Waals surface area contributed by atoms with Crippen LogP contribution in [-0.2, 0) is 0 Å². The van der Waals surface area contributed by atoms with Crippen LogP contribution in [0.5, 0.6) is 5.75 Å². The second-order valence-electron chi connectivity index (χ2n) is 3.47. The zero-order valence-corrected chi connectivity index (χ0v) is 9.53. The molecule has 0 aliphatic carbocycles. The van der Waals surface area contributed by atoms with Gasteiger partial charge in [0.25, 0.3) is 5.56 Å². The fourth-order valence-electron chi connectivity index (χ4n) is 1.51. The molecule has 2 aromatic rings. The summed E-state index contributed by atoms with van der Waals surface area (Å²) in [6.45, 7) is 0. The molecule has 1 aromatic carbocycles. The molecule has 0 radical (unpaired) electrons. The van der Waals surface area contributed by atoms with Crippen molar-refractivity contribution in [2.24, 2.45) is 0 Å². The molecule has 92 valence electrons. The largest absolute Gasteiger partial charge is 0.494 e. The van der Waals surface area contributed by atoms with Crippen molar-refractivity contribution in [3.05, 3.63) is 52.4 Å².